The lowest BCUT2D eigenvalue weighted by atomic mass is 10.0. The third-order valence-corrected chi connectivity index (χ3v) is 3.38. The second-order valence-corrected chi connectivity index (χ2v) is 4.99. The molecule has 0 spiro atoms. The van der Waals surface area contributed by atoms with Gasteiger partial charge in [0.15, 0.2) is 11.5 Å². The minimum absolute atomic E-state index is 0.606. The van der Waals surface area contributed by atoms with Gasteiger partial charge in [-0.2, -0.15) is 0 Å². The Labute approximate surface area is 120 Å². The number of rotatable bonds is 4. The van der Waals surface area contributed by atoms with Gasteiger partial charge in [-0.05, 0) is 35.4 Å². The molecule has 0 heterocycles. The predicted octanol–water partition coefficient (Wildman–Crippen LogP) is 3.55. The minimum Gasteiger partial charge on any atom is -0.493 e. The van der Waals surface area contributed by atoms with Crippen molar-refractivity contribution in [1.29, 1.82) is 0 Å². The van der Waals surface area contributed by atoms with E-state index in [4.69, 9.17) is 9.47 Å². The van der Waals surface area contributed by atoms with Crippen LogP contribution in [-0.4, -0.2) is 19.3 Å². The summed E-state index contributed by atoms with van der Waals surface area (Å²) in [6, 6.07) is 13.0. The Morgan fingerprint density at radius 2 is 1.63 bits per heavy atom. The smallest absolute Gasteiger partial charge is 0.161 e. The number of hydrogen-bond donors (Lipinski definition) is 1. The Morgan fingerprint density at radius 3 is 2.26 bits per heavy atom. The Kier molecular flexibility index (Phi) is 4.45. The summed E-state index contributed by atoms with van der Waals surface area (Å²) in [4.78, 5) is 0. The van der Waals surface area contributed by atoms with Gasteiger partial charge in [0, 0.05) is 4.47 Å². The average Bonchev–Trinajstić information content (AvgIpc) is 2.45. The van der Waals surface area contributed by atoms with Crippen LogP contribution in [0.1, 0.15) is 17.2 Å². The van der Waals surface area contributed by atoms with Gasteiger partial charge < -0.3 is 14.6 Å². The summed E-state index contributed by atoms with van der Waals surface area (Å²) in [5.74, 6) is 1.25. The van der Waals surface area contributed by atoms with Gasteiger partial charge in [0.2, 0.25) is 0 Å². The molecule has 0 fully saturated rings. The number of benzene rings is 2. The SMILES string of the molecule is COc1ccc(C(O)c2cccc(Br)c2)cc1OC. The van der Waals surface area contributed by atoms with Crippen LogP contribution >= 0.6 is 15.9 Å². The van der Waals surface area contributed by atoms with E-state index in [0.717, 1.165) is 15.6 Å². The van der Waals surface area contributed by atoms with E-state index in [-0.39, 0.29) is 0 Å². The molecule has 19 heavy (non-hydrogen) atoms. The summed E-state index contributed by atoms with van der Waals surface area (Å²) in [7, 11) is 3.16. The maximum Gasteiger partial charge on any atom is 0.161 e. The zero-order valence-electron chi connectivity index (χ0n) is 10.8. The molecule has 0 aliphatic heterocycles. The highest BCUT2D eigenvalue weighted by molar-refractivity contribution is 9.10. The van der Waals surface area contributed by atoms with Crippen LogP contribution in [0, 0.1) is 0 Å². The number of hydrogen-bond acceptors (Lipinski definition) is 3. The van der Waals surface area contributed by atoms with Crippen LogP contribution in [0.3, 0.4) is 0 Å². The van der Waals surface area contributed by atoms with Crippen molar-refractivity contribution >= 4 is 15.9 Å². The van der Waals surface area contributed by atoms with Gasteiger partial charge in [0.1, 0.15) is 6.10 Å². The van der Waals surface area contributed by atoms with Gasteiger partial charge in [-0.25, -0.2) is 0 Å². The molecule has 0 amide bonds. The highest BCUT2D eigenvalue weighted by Crippen LogP contribution is 2.32. The van der Waals surface area contributed by atoms with Crippen molar-refractivity contribution in [2.75, 3.05) is 14.2 Å². The third kappa shape index (κ3) is 3.08. The number of ether oxygens (including phenoxy) is 2. The highest BCUT2D eigenvalue weighted by atomic mass is 79.9. The first-order valence-electron chi connectivity index (χ1n) is 5.81. The Hall–Kier alpha value is -1.52. The maximum absolute atomic E-state index is 10.4. The van der Waals surface area contributed by atoms with E-state index in [1.165, 1.54) is 0 Å². The largest absolute Gasteiger partial charge is 0.493 e. The molecule has 3 nitrogen and oxygen atoms in total. The molecule has 0 radical (unpaired) electrons. The first-order valence-corrected chi connectivity index (χ1v) is 6.60. The Morgan fingerprint density at radius 1 is 0.947 bits per heavy atom. The van der Waals surface area contributed by atoms with Crippen LogP contribution in [0.2, 0.25) is 0 Å². The standard InChI is InChI=1S/C15H15BrO3/c1-18-13-7-6-11(9-14(13)19-2)15(17)10-4-3-5-12(16)8-10/h3-9,15,17H,1-2H3. The number of methoxy groups -OCH3 is 2. The van der Waals surface area contributed by atoms with Crippen LogP contribution in [-0.2, 0) is 0 Å². The maximum atomic E-state index is 10.4. The summed E-state index contributed by atoms with van der Waals surface area (Å²) < 4.78 is 11.4. The molecule has 2 aromatic carbocycles. The number of halogens is 1. The highest BCUT2D eigenvalue weighted by Gasteiger charge is 2.13. The zero-order chi connectivity index (χ0) is 13.8. The summed E-state index contributed by atoms with van der Waals surface area (Å²) in [6.07, 6.45) is -0.697. The molecule has 2 rings (SSSR count). The normalized spacial score (nSPS) is 12.0. The molecule has 2 aromatic rings. The summed E-state index contributed by atoms with van der Waals surface area (Å²) >= 11 is 3.40. The van der Waals surface area contributed by atoms with E-state index < -0.39 is 6.10 Å². The van der Waals surface area contributed by atoms with Crippen molar-refractivity contribution in [2.24, 2.45) is 0 Å². The third-order valence-electron chi connectivity index (χ3n) is 2.89. The van der Waals surface area contributed by atoms with Crippen molar-refractivity contribution < 1.29 is 14.6 Å². The summed E-state index contributed by atoms with van der Waals surface area (Å²) in [5, 5.41) is 10.4. The van der Waals surface area contributed by atoms with Crippen molar-refractivity contribution in [3.63, 3.8) is 0 Å². The number of aliphatic hydroxyl groups is 1. The number of aliphatic hydroxyl groups excluding tert-OH is 1. The molecule has 100 valence electrons. The molecule has 4 heteroatoms. The monoisotopic (exact) mass is 322 g/mol. The van der Waals surface area contributed by atoms with E-state index in [2.05, 4.69) is 15.9 Å². The predicted molar refractivity (Wildman–Crippen MR) is 77.7 cm³/mol. The quantitative estimate of drug-likeness (QED) is 0.935. The topological polar surface area (TPSA) is 38.7 Å². The van der Waals surface area contributed by atoms with Gasteiger partial charge in [-0.15, -0.1) is 0 Å². The van der Waals surface area contributed by atoms with E-state index in [9.17, 15) is 5.11 Å². The molecule has 0 aromatic heterocycles. The van der Waals surface area contributed by atoms with Gasteiger partial charge in [-0.3, -0.25) is 0 Å². The van der Waals surface area contributed by atoms with E-state index in [1.807, 2.05) is 30.3 Å². The van der Waals surface area contributed by atoms with Gasteiger partial charge in [0.25, 0.3) is 0 Å². The van der Waals surface area contributed by atoms with E-state index in [1.54, 1.807) is 26.4 Å². The lowest BCUT2D eigenvalue weighted by Crippen LogP contribution is -2.01. The zero-order valence-corrected chi connectivity index (χ0v) is 12.3. The fourth-order valence-electron chi connectivity index (χ4n) is 1.89. The van der Waals surface area contributed by atoms with Crippen LogP contribution in [0.15, 0.2) is 46.9 Å². The van der Waals surface area contributed by atoms with Crippen molar-refractivity contribution in [1.82, 2.24) is 0 Å². The molecular formula is C15H15BrO3. The molecule has 0 saturated carbocycles. The second kappa shape index (κ2) is 6.08. The van der Waals surface area contributed by atoms with Crippen LogP contribution in [0.25, 0.3) is 0 Å². The second-order valence-electron chi connectivity index (χ2n) is 4.07. The first-order chi connectivity index (χ1) is 9.15. The average molecular weight is 323 g/mol. The molecular weight excluding hydrogens is 308 g/mol. The van der Waals surface area contributed by atoms with E-state index >= 15 is 0 Å². The van der Waals surface area contributed by atoms with Crippen molar-refractivity contribution in [3.05, 3.63) is 58.1 Å². The van der Waals surface area contributed by atoms with Crippen molar-refractivity contribution in [2.45, 2.75) is 6.10 Å². The van der Waals surface area contributed by atoms with Crippen LogP contribution < -0.4 is 9.47 Å². The summed E-state index contributed by atoms with van der Waals surface area (Å²) in [6.45, 7) is 0. The molecule has 0 aliphatic carbocycles. The minimum atomic E-state index is -0.697. The first kappa shape index (κ1) is 13.9. The summed E-state index contributed by atoms with van der Waals surface area (Å²) in [5.41, 5.74) is 1.58. The Balaban J connectivity index is 2.36. The lowest BCUT2D eigenvalue weighted by molar-refractivity contribution is 0.219. The van der Waals surface area contributed by atoms with Gasteiger partial charge >= 0.3 is 0 Å². The molecule has 1 atom stereocenters. The lowest BCUT2D eigenvalue weighted by Gasteiger charge is -2.14. The van der Waals surface area contributed by atoms with E-state index in [0.29, 0.717) is 11.5 Å². The Bertz CT molecular complexity index is 569. The fourth-order valence-corrected chi connectivity index (χ4v) is 2.31. The molecule has 0 aliphatic rings. The molecule has 0 bridgehead atoms. The fraction of sp³-hybridized carbons (Fsp3) is 0.200. The molecule has 1 N–H and O–H groups in total. The van der Waals surface area contributed by atoms with Gasteiger partial charge in [0.05, 0.1) is 14.2 Å². The van der Waals surface area contributed by atoms with Crippen LogP contribution in [0.5, 0.6) is 11.5 Å². The van der Waals surface area contributed by atoms with Crippen molar-refractivity contribution in [3.8, 4) is 11.5 Å². The molecule has 0 saturated heterocycles. The van der Waals surface area contributed by atoms with Crippen LogP contribution in [0.4, 0.5) is 0 Å². The van der Waals surface area contributed by atoms with Gasteiger partial charge in [-0.1, -0.05) is 34.1 Å². The molecule has 1 unspecified atom stereocenters.